The Morgan fingerprint density at radius 1 is 1.45 bits per heavy atom. The molecular formula is C5H6ClFO3S. The maximum Gasteiger partial charge on any atom is 0.238 e. The first-order valence-electron chi connectivity index (χ1n) is 3.00. The van der Waals surface area contributed by atoms with Crippen molar-refractivity contribution in [3.8, 4) is 0 Å². The van der Waals surface area contributed by atoms with Crippen LogP contribution in [0.15, 0.2) is 0 Å². The van der Waals surface area contributed by atoms with E-state index in [9.17, 15) is 17.6 Å². The van der Waals surface area contributed by atoms with E-state index >= 15 is 0 Å². The zero-order valence-corrected chi connectivity index (χ0v) is 7.03. The van der Waals surface area contributed by atoms with E-state index in [1.165, 1.54) is 0 Å². The molecule has 1 aliphatic rings. The molecule has 0 aromatic rings. The summed E-state index contributed by atoms with van der Waals surface area (Å²) in [6.45, 7) is 0. The molecule has 1 rings (SSSR count). The van der Waals surface area contributed by atoms with Crippen LogP contribution in [0.3, 0.4) is 0 Å². The Balaban J connectivity index is 2.84. The molecule has 0 radical (unpaired) electrons. The van der Waals surface area contributed by atoms with E-state index in [0.717, 1.165) is 0 Å². The summed E-state index contributed by atoms with van der Waals surface area (Å²) < 4.78 is 33.8. The van der Waals surface area contributed by atoms with Gasteiger partial charge in [-0.25, -0.2) is 12.8 Å². The third-order valence-electron chi connectivity index (χ3n) is 1.62. The van der Waals surface area contributed by atoms with Gasteiger partial charge >= 0.3 is 0 Å². The minimum Gasteiger partial charge on any atom is -0.300 e. The number of rotatable bonds is 1. The molecule has 1 saturated carbocycles. The number of hydrogen-bond acceptors (Lipinski definition) is 3. The van der Waals surface area contributed by atoms with Crippen molar-refractivity contribution >= 4 is 25.5 Å². The molecule has 0 bridgehead atoms. The highest BCUT2D eigenvalue weighted by molar-refractivity contribution is 8.14. The molecule has 0 N–H and O–H groups in total. The van der Waals surface area contributed by atoms with Crippen LogP contribution in [0.2, 0.25) is 0 Å². The van der Waals surface area contributed by atoms with Crippen LogP contribution in [0.1, 0.15) is 12.8 Å². The number of alkyl halides is 1. The summed E-state index contributed by atoms with van der Waals surface area (Å²) in [6, 6.07) is 0. The molecule has 1 fully saturated rings. The van der Waals surface area contributed by atoms with Gasteiger partial charge in [-0.3, -0.25) is 4.79 Å². The van der Waals surface area contributed by atoms with Crippen LogP contribution in [-0.4, -0.2) is 25.6 Å². The van der Waals surface area contributed by atoms with Crippen molar-refractivity contribution in [2.75, 3.05) is 0 Å². The summed E-state index contributed by atoms with van der Waals surface area (Å²) in [6.07, 6.45) is -2.23. The summed E-state index contributed by atoms with van der Waals surface area (Å²) in [5.74, 6) is -0.383. The van der Waals surface area contributed by atoms with Crippen molar-refractivity contribution in [2.24, 2.45) is 0 Å². The molecule has 6 heteroatoms. The van der Waals surface area contributed by atoms with Gasteiger partial charge in [0.25, 0.3) is 0 Å². The third-order valence-corrected chi connectivity index (χ3v) is 3.49. The van der Waals surface area contributed by atoms with E-state index in [1.54, 1.807) is 0 Å². The number of carbonyl (C=O) groups excluding carboxylic acids is 1. The highest BCUT2D eigenvalue weighted by Crippen LogP contribution is 2.27. The molecule has 64 valence electrons. The first kappa shape index (κ1) is 8.93. The zero-order chi connectivity index (χ0) is 8.65. The maximum atomic E-state index is 12.6. The lowest BCUT2D eigenvalue weighted by Crippen LogP contribution is -2.21. The van der Waals surface area contributed by atoms with Gasteiger partial charge in [0, 0.05) is 23.5 Å². The van der Waals surface area contributed by atoms with Gasteiger partial charge in [0.15, 0.2) is 0 Å². The third kappa shape index (κ3) is 1.90. The van der Waals surface area contributed by atoms with Crippen molar-refractivity contribution in [2.45, 2.75) is 24.3 Å². The van der Waals surface area contributed by atoms with Crippen molar-refractivity contribution in [1.29, 1.82) is 0 Å². The first-order chi connectivity index (χ1) is 4.91. The van der Waals surface area contributed by atoms with Crippen LogP contribution in [-0.2, 0) is 13.8 Å². The Labute approximate surface area is 68.0 Å². The molecule has 0 aliphatic heterocycles. The Hall–Kier alpha value is -0.160. The molecule has 2 atom stereocenters. The van der Waals surface area contributed by atoms with Crippen LogP contribution < -0.4 is 0 Å². The number of carbonyl (C=O) groups is 1. The topological polar surface area (TPSA) is 51.2 Å². The van der Waals surface area contributed by atoms with E-state index in [-0.39, 0.29) is 18.6 Å². The monoisotopic (exact) mass is 200 g/mol. The lowest BCUT2D eigenvalue weighted by molar-refractivity contribution is -0.117. The molecule has 2 unspecified atom stereocenters. The molecule has 0 aromatic heterocycles. The molecule has 0 saturated heterocycles. The van der Waals surface area contributed by atoms with E-state index in [0.29, 0.717) is 0 Å². The van der Waals surface area contributed by atoms with E-state index in [2.05, 4.69) is 0 Å². The quantitative estimate of drug-likeness (QED) is 0.584. The molecule has 11 heavy (non-hydrogen) atoms. The van der Waals surface area contributed by atoms with Crippen LogP contribution in [0.4, 0.5) is 4.39 Å². The predicted octanol–water partition coefficient (Wildman–Crippen LogP) is 0.625. The zero-order valence-electron chi connectivity index (χ0n) is 5.46. The Morgan fingerprint density at radius 3 is 2.18 bits per heavy atom. The fraction of sp³-hybridized carbons (Fsp3) is 0.800. The SMILES string of the molecule is O=C1CC(F)C(S(=O)(=O)Cl)C1. The second kappa shape index (κ2) is 2.71. The Kier molecular flexibility index (Phi) is 2.20. The number of halogens is 2. The average Bonchev–Trinajstić information content (AvgIpc) is 2.08. The minimum absolute atomic E-state index is 0.285. The van der Waals surface area contributed by atoms with Crippen molar-refractivity contribution in [3.05, 3.63) is 0 Å². The molecule has 0 aromatic carbocycles. The molecule has 0 heterocycles. The largest absolute Gasteiger partial charge is 0.300 e. The Morgan fingerprint density at radius 2 is 2.00 bits per heavy atom. The van der Waals surface area contributed by atoms with Crippen LogP contribution in [0, 0.1) is 0 Å². The number of ketones is 1. The van der Waals surface area contributed by atoms with Gasteiger partial charge in [0.1, 0.15) is 17.2 Å². The summed E-state index contributed by atoms with van der Waals surface area (Å²) in [5, 5.41) is -1.32. The smallest absolute Gasteiger partial charge is 0.238 e. The van der Waals surface area contributed by atoms with Crippen LogP contribution in [0.25, 0.3) is 0 Å². The first-order valence-corrected chi connectivity index (χ1v) is 5.38. The van der Waals surface area contributed by atoms with Gasteiger partial charge in [0.05, 0.1) is 0 Å². The molecule has 3 nitrogen and oxygen atoms in total. The molecule has 0 spiro atoms. The van der Waals surface area contributed by atoms with Crippen molar-refractivity contribution in [3.63, 3.8) is 0 Å². The highest BCUT2D eigenvalue weighted by Gasteiger charge is 2.41. The predicted molar refractivity (Wildman–Crippen MR) is 37.7 cm³/mol. The minimum atomic E-state index is -3.91. The van der Waals surface area contributed by atoms with Gasteiger partial charge in [-0.2, -0.15) is 0 Å². The lowest BCUT2D eigenvalue weighted by atomic mass is 10.3. The summed E-state index contributed by atoms with van der Waals surface area (Å²) >= 11 is 0. The summed E-state index contributed by atoms with van der Waals surface area (Å²) in [5.41, 5.74) is 0. The van der Waals surface area contributed by atoms with Gasteiger partial charge in [-0.1, -0.05) is 0 Å². The lowest BCUT2D eigenvalue weighted by Gasteiger charge is -2.05. The highest BCUT2D eigenvalue weighted by atomic mass is 35.7. The van der Waals surface area contributed by atoms with E-state index < -0.39 is 20.5 Å². The maximum absolute atomic E-state index is 12.6. The number of Topliss-reactive ketones (excluding diaryl/α,β-unsaturated/α-hetero) is 1. The second-order valence-corrected chi connectivity index (χ2v) is 5.32. The van der Waals surface area contributed by atoms with Crippen molar-refractivity contribution in [1.82, 2.24) is 0 Å². The fourth-order valence-corrected chi connectivity index (χ4v) is 2.42. The molecule has 1 aliphatic carbocycles. The van der Waals surface area contributed by atoms with Gasteiger partial charge in [-0.05, 0) is 0 Å². The van der Waals surface area contributed by atoms with Gasteiger partial charge in [-0.15, -0.1) is 0 Å². The average molecular weight is 201 g/mol. The second-order valence-electron chi connectivity index (χ2n) is 2.48. The van der Waals surface area contributed by atoms with E-state index in [4.69, 9.17) is 10.7 Å². The summed E-state index contributed by atoms with van der Waals surface area (Å²) in [4.78, 5) is 10.5. The fourth-order valence-electron chi connectivity index (χ4n) is 1.06. The molecule has 0 amide bonds. The Bertz CT molecular complexity index is 273. The molecular weight excluding hydrogens is 195 g/mol. The van der Waals surface area contributed by atoms with Crippen LogP contribution >= 0.6 is 10.7 Å². The van der Waals surface area contributed by atoms with Gasteiger partial charge < -0.3 is 0 Å². The van der Waals surface area contributed by atoms with E-state index in [1.807, 2.05) is 0 Å². The van der Waals surface area contributed by atoms with Crippen LogP contribution in [0.5, 0.6) is 0 Å². The van der Waals surface area contributed by atoms with Gasteiger partial charge in [0.2, 0.25) is 9.05 Å². The normalized spacial score (nSPS) is 32.7. The number of hydrogen-bond donors (Lipinski definition) is 0. The van der Waals surface area contributed by atoms with Crippen molar-refractivity contribution < 1.29 is 17.6 Å². The standard InChI is InChI=1S/C5H6ClFO3S/c6-11(9,10)5-2-3(8)1-4(5)7/h4-5H,1-2H2. The summed E-state index contributed by atoms with van der Waals surface area (Å²) in [7, 11) is 0.971.